The Kier molecular flexibility index (Phi) is 4.27. The SMILES string of the molecule is CC(N)C(c1cc(F)ccc1F)N1CCOCC1. The Labute approximate surface area is 106 Å². The highest BCUT2D eigenvalue weighted by Crippen LogP contribution is 2.27. The van der Waals surface area contributed by atoms with Crippen molar-refractivity contribution in [2.75, 3.05) is 26.3 Å². The third-order valence-electron chi connectivity index (χ3n) is 3.21. The van der Waals surface area contributed by atoms with Gasteiger partial charge in [0.1, 0.15) is 11.6 Å². The number of morpholine rings is 1. The first-order chi connectivity index (χ1) is 8.59. The van der Waals surface area contributed by atoms with Gasteiger partial charge in [-0.1, -0.05) is 0 Å². The first-order valence-corrected chi connectivity index (χ1v) is 6.12. The van der Waals surface area contributed by atoms with Gasteiger partial charge < -0.3 is 10.5 Å². The van der Waals surface area contributed by atoms with E-state index in [1.54, 1.807) is 0 Å². The summed E-state index contributed by atoms with van der Waals surface area (Å²) in [5.74, 6) is -0.851. The zero-order valence-corrected chi connectivity index (χ0v) is 10.4. The van der Waals surface area contributed by atoms with Crippen molar-refractivity contribution < 1.29 is 13.5 Å². The molecular weight excluding hydrogens is 238 g/mol. The molecule has 2 unspecified atom stereocenters. The lowest BCUT2D eigenvalue weighted by molar-refractivity contribution is 0.0108. The summed E-state index contributed by atoms with van der Waals surface area (Å²) < 4.78 is 32.4. The number of hydrogen-bond acceptors (Lipinski definition) is 3. The van der Waals surface area contributed by atoms with Crippen molar-refractivity contribution in [1.82, 2.24) is 4.90 Å². The summed E-state index contributed by atoms with van der Waals surface area (Å²) in [6, 6.07) is 2.92. The van der Waals surface area contributed by atoms with Crippen LogP contribution in [0.2, 0.25) is 0 Å². The van der Waals surface area contributed by atoms with Crippen LogP contribution < -0.4 is 5.73 Å². The normalized spacial score (nSPS) is 20.7. The molecule has 1 aliphatic rings. The van der Waals surface area contributed by atoms with Gasteiger partial charge in [0.2, 0.25) is 0 Å². The minimum Gasteiger partial charge on any atom is -0.379 e. The van der Waals surface area contributed by atoms with Crippen LogP contribution in [0.3, 0.4) is 0 Å². The van der Waals surface area contributed by atoms with Crippen molar-refractivity contribution in [3.8, 4) is 0 Å². The van der Waals surface area contributed by atoms with Crippen LogP contribution in [-0.2, 0) is 4.74 Å². The molecule has 0 bridgehead atoms. The van der Waals surface area contributed by atoms with E-state index >= 15 is 0 Å². The Morgan fingerprint density at radius 2 is 1.94 bits per heavy atom. The molecule has 1 aromatic carbocycles. The molecular formula is C13H18F2N2O. The monoisotopic (exact) mass is 256 g/mol. The summed E-state index contributed by atoms with van der Waals surface area (Å²) in [7, 11) is 0. The minimum atomic E-state index is -0.440. The van der Waals surface area contributed by atoms with E-state index in [0.29, 0.717) is 31.9 Å². The van der Waals surface area contributed by atoms with Crippen molar-refractivity contribution in [2.45, 2.75) is 19.0 Å². The van der Waals surface area contributed by atoms with E-state index in [4.69, 9.17) is 10.5 Å². The molecule has 100 valence electrons. The van der Waals surface area contributed by atoms with Crippen molar-refractivity contribution in [3.63, 3.8) is 0 Å². The molecule has 1 aromatic rings. The number of ether oxygens (including phenoxy) is 1. The van der Waals surface area contributed by atoms with Gasteiger partial charge >= 0.3 is 0 Å². The van der Waals surface area contributed by atoms with E-state index < -0.39 is 11.6 Å². The lowest BCUT2D eigenvalue weighted by Crippen LogP contribution is -2.45. The fraction of sp³-hybridized carbons (Fsp3) is 0.538. The van der Waals surface area contributed by atoms with Gasteiger partial charge in [-0.25, -0.2) is 8.78 Å². The summed E-state index contributed by atoms with van der Waals surface area (Å²) >= 11 is 0. The smallest absolute Gasteiger partial charge is 0.128 e. The molecule has 2 N–H and O–H groups in total. The third kappa shape index (κ3) is 2.85. The molecule has 1 saturated heterocycles. The van der Waals surface area contributed by atoms with E-state index in [1.165, 1.54) is 6.07 Å². The maximum absolute atomic E-state index is 13.9. The summed E-state index contributed by atoms with van der Waals surface area (Å²) in [5.41, 5.74) is 6.27. The second-order valence-corrected chi connectivity index (χ2v) is 4.62. The molecule has 18 heavy (non-hydrogen) atoms. The predicted molar refractivity (Wildman–Crippen MR) is 65.1 cm³/mol. The zero-order valence-electron chi connectivity index (χ0n) is 10.4. The van der Waals surface area contributed by atoms with Crippen LogP contribution in [0.1, 0.15) is 18.5 Å². The molecule has 1 heterocycles. The zero-order chi connectivity index (χ0) is 13.1. The summed E-state index contributed by atoms with van der Waals surface area (Å²) in [4.78, 5) is 2.05. The average molecular weight is 256 g/mol. The van der Waals surface area contributed by atoms with Crippen LogP contribution >= 0.6 is 0 Å². The van der Waals surface area contributed by atoms with E-state index in [0.717, 1.165) is 12.1 Å². The Morgan fingerprint density at radius 3 is 2.56 bits per heavy atom. The van der Waals surface area contributed by atoms with Crippen LogP contribution in [0.25, 0.3) is 0 Å². The molecule has 0 aromatic heterocycles. The van der Waals surface area contributed by atoms with Gasteiger partial charge in [-0.05, 0) is 25.1 Å². The van der Waals surface area contributed by atoms with Crippen LogP contribution in [0.15, 0.2) is 18.2 Å². The fourth-order valence-electron chi connectivity index (χ4n) is 2.41. The van der Waals surface area contributed by atoms with E-state index in [9.17, 15) is 8.78 Å². The van der Waals surface area contributed by atoms with Crippen molar-refractivity contribution in [3.05, 3.63) is 35.4 Å². The number of halogens is 2. The van der Waals surface area contributed by atoms with Crippen molar-refractivity contribution >= 4 is 0 Å². The Bertz CT molecular complexity index is 406. The maximum atomic E-state index is 13.9. The Balaban J connectivity index is 2.31. The van der Waals surface area contributed by atoms with Crippen molar-refractivity contribution in [2.24, 2.45) is 5.73 Å². The first kappa shape index (κ1) is 13.4. The number of hydrogen-bond donors (Lipinski definition) is 1. The molecule has 5 heteroatoms. The second kappa shape index (κ2) is 5.73. The lowest BCUT2D eigenvalue weighted by Gasteiger charge is -2.37. The molecule has 3 nitrogen and oxygen atoms in total. The quantitative estimate of drug-likeness (QED) is 0.894. The van der Waals surface area contributed by atoms with Gasteiger partial charge in [0.05, 0.1) is 19.3 Å². The predicted octanol–water partition coefficient (Wildman–Crippen LogP) is 1.69. The highest BCUT2D eigenvalue weighted by molar-refractivity contribution is 5.24. The molecule has 2 atom stereocenters. The van der Waals surface area contributed by atoms with Gasteiger partial charge in [-0.15, -0.1) is 0 Å². The maximum Gasteiger partial charge on any atom is 0.128 e. The van der Waals surface area contributed by atoms with Gasteiger partial charge in [-0.2, -0.15) is 0 Å². The summed E-state index contributed by atoms with van der Waals surface area (Å²) in [6.45, 7) is 4.37. The fourth-order valence-corrected chi connectivity index (χ4v) is 2.41. The van der Waals surface area contributed by atoms with E-state index in [2.05, 4.69) is 0 Å². The van der Waals surface area contributed by atoms with Crippen LogP contribution in [-0.4, -0.2) is 37.2 Å². The van der Waals surface area contributed by atoms with Crippen LogP contribution in [0, 0.1) is 11.6 Å². The molecule has 1 aliphatic heterocycles. The van der Waals surface area contributed by atoms with Crippen LogP contribution in [0.5, 0.6) is 0 Å². The van der Waals surface area contributed by atoms with Gasteiger partial charge in [0.25, 0.3) is 0 Å². The highest BCUT2D eigenvalue weighted by Gasteiger charge is 2.28. The lowest BCUT2D eigenvalue weighted by atomic mass is 9.98. The second-order valence-electron chi connectivity index (χ2n) is 4.62. The topological polar surface area (TPSA) is 38.5 Å². The average Bonchev–Trinajstić information content (AvgIpc) is 2.35. The number of rotatable bonds is 3. The van der Waals surface area contributed by atoms with Crippen molar-refractivity contribution in [1.29, 1.82) is 0 Å². The summed E-state index contributed by atoms with van der Waals surface area (Å²) in [5, 5.41) is 0. The van der Waals surface area contributed by atoms with Gasteiger partial charge in [0, 0.05) is 24.7 Å². The molecule has 0 radical (unpaired) electrons. The number of nitrogens with two attached hydrogens (primary N) is 1. The standard InChI is InChI=1S/C13H18F2N2O/c1-9(16)13(17-4-6-18-7-5-17)11-8-10(14)2-3-12(11)15/h2-3,8-9,13H,4-7,16H2,1H3. The van der Waals surface area contributed by atoms with E-state index in [1.807, 2.05) is 11.8 Å². The highest BCUT2D eigenvalue weighted by atomic mass is 19.1. The Hall–Kier alpha value is -1.04. The number of benzene rings is 1. The molecule has 0 spiro atoms. The third-order valence-corrected chi connectivity index (χ3v) is 3.21. The largest absolute Gasteiger partial charge is 0.379 e. The molecule has 1 fully saturated rings. The molecule has 0 amide bonds. The number of nitrogens with zero attached hydrogens (tertiary/aromatic N) is 1. The molecule has 2 rings (SSSR count). The first-order valence-electron chi connectivity index (χ1n) is 6.12. The minimum absolute atomic E-state index is 0.278. The van der Waals surface area contributed by atoms with Gasteiger partial charge in [0.15, 0.2) is 0 Å². The Morgan fingerprint density at radius 1 is 1.28 bits per heavy atom. The molecule has 0 saturated carbocycles. The molecule has 0 aliphatic carbocycles. The van der Waals surface area contributed by atoms with Crippen LogP contribution in [0.4, 0.5) is 8.78 Å². The summed E-state index contributed by atoms with van der Waals surface area (Å²) in [6.07, 6.45) is 0. The van der Waals surface area contributed by atoms with E-state index in [-0.39, 0.29) is 12.1 Å². The van der Waals surface area contributed by atoms with Gasteiger partial charge in [-0.3, -0.25) is 4.90 Å².